The lowest BCUT2D eigenvalue weighted by Crippen LogP contribution is -2.04. The zero-order chi connectivity index (χ0) is 6.97. The van der Waals surface area contributed by atoms with E-state index in [-0.39, 0.29) is 0 Å². The van der Waals surface area contributed by atoms with Crippen molar-refractivity contribution in [2.45, 2.75) is 19.4 Å². The predicted molar refractivity (Wildman–Crippen MR) is 39.8 cm³/mol. The van der Waals surface area contributed by atoms with E-state index in [4.69, 9.17) is 0 Å². The molecule has 10 heavy (non-hydrogen) atoms. The van der Waals surface area contributed by atoms with E-state index in [2.05, 4.69) is 22.2 Å². The van der Waals surface area contributed by atoms with Crippen LogP contribution in [0.15, 0.2) is 12.4 Å². The minimum atomic E-state index is 0.658. The molecular formula is C7H11N3. The van der Waals surface area contributed by atoms with Crippen molar-refractivity contribution in [3.8, 4) is 0 Å². The highest BCUT2D eigenvalue weighted by Gasteiger charge is 2.32. The highest BCUT2D eigenvalue weighted by molar-refractivity contribution is 5.28. The molecule has 1 aliphatic rings. The van der Waals surface area contributed by atoms with Gasteiger partial charge in [0.25, 0.3) is 0 Å². The Morgan fingerprint density at radius 3 is 3.10 bits per heavy atom. The number of hydrogen-bond acceptors (Lipinski definition) is 2. The van der Waals surface area contributed by atoms with Gasteiger partial charge in [-0.3, -0.25) is 0 Å². The summed E-state index contributed by atoms with van der Waals surface area (Å²) in [4.78, 5) is 7.07. The van der Waals surface area contributed by atoms with E-state index in [0.29, 0.717) is 6.04 Å². The predicted octanol–water partition coefficient (Wildman–Crippen LogP) is 1.23. The standard InChI is InChI=1S/C7H11N3/c1-5-4-6(5)10-7-8-2-3-9-7/h2-3,5-6H,4H2,1H3,(H2,8,9,10). The number of H-pyrrole nitrogens is 1. The maximum absolute atomic E-state index is 4.06. The summed E-state index contributed by atoms with van der Waals surface area (Å²) < 4.78 is 0. The van der Waals surface area contributed by atoms with Gasteiger partial charge < -0.3 is 10.3 Å². The molecule has 1 heterocycles. The fraction of sp³-hybridized carbons (Fsp3) is 0.571. The first-order chi connectivity index (χ1) is 4.86. The topological polar surface area (TPSA) is 40.7 Å². The van der Waals surface area contributed by atoms with Crippen LogP contribution in [0.5, 0.6) is 0 Å². The molecule has 0 spiro atoms. The highest BCUT2D eigenvalue weighted by Crippen LogP contribution is 2.31. The van der Waals surface area contributed by atoms with E-state index in [0.717, 1.165) is 11.9 Å². The summed E-state index contributed by atoms with van der Waals surface area (Å²) in [6, 6.07) is 0.658. The molecule has 1 aromatic heterocycles. The zero-order valence-corrected chi connectivity index (χ0v) is 5.96. The first kappa shape index (κ1) is 5.77. The summed E-state index contributed by atoms with van der Waals surface area (Å²) in [5.74, 6) is 1.72. The third-order valence-corrected chi connectivity index (χ3v) is 1.93. The molecule has 2 rings (SSSR count). The van der Waals surface area contributed by atoms with Gasteiger partial charge in [0.1, 0.15) is 0 Å². The number of rotatable bonds is 2. The minimum Gasteiger partial charge on any atom is -0.353 e. The molecule has 2 atom stereocenters. The Hall–Kier alpha value is -0.990. The van der Waals surface area contributed by atoms with Crippen molar-refractivity contribution in [1.29, 1.82) is 0 Å². The third-order valence-electron chi connectivity index (χ3n) is 1.93. The van der Waals surface area contributed by atoms with E-state index >= 15 is 0 Å². The summed E-state index contributed by atoms with van der Waals surface area (Å²) in [5.41, 5.74) is 0. The van der Waals surface area contributed by atoms with Crippen LogP contribution in [0.2, 0.25) is 0 Å². The minimum absolute atomic E-state index is 0.658. The van der Waals surface area contributed by atoms with Crippen molar-refractivity contribution in [2.75, 3.05) is 5.32 Å². The van der Waals surface area contributed by atoms with Gasteiger partial charge in [-0.1, -0.05) is 6.92 Å². The fourth-order valence-electron chi connectivity index (χ4n) is 1.04. The summed E-state index contributed by atoms with van der Waals surface area (Å²) in [5, 5.41) is 3.28. The van der Waals surface area contributed by atoms with Crippen LogP contribution in [-0.4, -0.2) is 16.0 Å². The second kappa shape index (κ2) is 2.01. The zero-order valence-electron chi connectivity index (χ0n) is 5.96. The molecule has 1 aliphatic carbocycles. The van der Waals surface area contributed by atoms with Crippen LogP contribution in [0, 0.1) is 5.92 Å². The smallest absolute Gasteiger partial charge is 0.200 e. The van der Waals surface area contributed by atoms with Gasteiger partial charge in [-0.25, -0.2) is 4.98 Å². The van der Waals surface area contributed by atoms with E-state index in [1.54, 1.807) is 6.20 Å². The van der Waals surface area contributed by atoms with Crippen LogP contribution < -0.4 is 5.32 Å². The van der Waals surface area contributed by atoms with Gasteiger partial charge in [-0.15, -0.1) is 0 Å². The average molecular weight is 137 g/mol. The Kier molecular flexibility index (Phi) is 1.16. The molecule has 0 aromatic carbocycles. The van der Waals surface area contributed by atoms with Crippen LogP contribution in [-0.2, 0) is 0 Å². The van der Waals surface area contributed by atoms with Gasteiger partial charge >= 0.3 is 0 Å². The van der Waals surface area contributed by atoms with Crippen molar-refractivity contribution in [3.63, 3.8) is 0 Å². The number of hydrogen-bond donors (Lipinski definition) is 2. The Morgan fingerprint density at radius 2 is 2.60 bits per heavy atom. The second-order valence-corrected chi connectivity index (χ2v) is 2.90. The average Bonchev–Trinajstić information content (AvgIpc) is 2.48. The van der Waals surface area contributed by atoms with Gasteiger partial charge in [0, 0.05) is 18.4 Å². The molecule has 3 heteroatoms. The molecule has 0 radical (unpaired) electrons. The normalized spacial score (nSPS) is 30.1. The summed E-state index contributed by atoms with van der Waals surface area (Å²) in [6.45, 7) is 2.24. The molecule has 0 saturated heterocycles. The lowest BCUT2D eigenvalue weighted by Gasteiger charge is -1.97. The lowest BCUT2D eigenvalue weighted by molar-refractivity contribution is 0.919. The Morgan fingerprint density at radius 1 is 1.80 bits per heavy atom. The lowest BCUT2D eigenvalue weighted by atomic mass is 10.5. The van der Waals surface area contributed by atoms with Crippen molar-refractivity contribution < 1.29 is 0 Å². The number of aromatic nitrogens is 2. The number of imidazole rings is 1. The molecular weight excluding hydrogens is 126 g/mol. The van der Waals surface area contributed by atoms with Crippen molar-refractivity contribution in [3.05, 3.63) is 12.4 Å². The second-order valence-electron chi connectivity index (χ2n) is 2.90. The summed E-state index contributed by atoms with van der Waals surface area (Å²) >= 11 is 0. The molecule has 0 aliphatic heterocycles. The first-order valence-electron chi connectivity index (χ1n) is 3.62. The van der Waals surface area contributed by atoms with E-state index in [1.165, 1.54) is 6.42 Å². The highest BCUT2D eigenvalue weighted by atomic mass is 15.1. The number of anilines is 1. The molecule has 1 saturated carbocycles. The summed E-state index contributed by atoms with van der Waals surface area (Å²) in [7, 11) is 0. The fourth-order valence-corrected chi connectivity index (χ4v) is 1.04. The van der Waals surface area contributed by atoms with Gasteiger partial charge in [0.2, 0.25) is 0 Å². The van der Waals surface area contributed by atoms with E-state index in [9.17, 15) is 0 Å². The summed E-state index contributed by atoms with van der Waals surface area (Å²) in [6.07, 6.45) is 4.87. The van der Waals surface area contributed by atoms with Gasteiger partial charge in [-0.05, 0) is 12.3 Å². The van der Waals surface area contributed by atoms with E-state index in [1.807, 2.05) is 6.20 Å². The molecule has 2 unspecified atom stereocenters. The monoisotopic (exact) mass is 137 g/mol. The quantitative estimate of drug-likeness (QED) is 0.643. The molecule has 2 N–H and O–H groups in total. The Labute approximate surface area is 59.9 Å². The number of aromatic amines is 1. The molecule has 0 amide bonds. The Balaban J connectivity index is 1.93. The molecule has 1 aromatic rings. The van der Waals surface area contributed by atoms with Crippen LogP contribution >= 0.6 is 0 Å². The van der Waals surface area contributed by atoms with Crippen LogP contribution in [0.1, 0.15) is 13.3 Å². The molecule has 54 valence electrons. The molecule has 0 bridgehead atoms. The van der Waals surface area contributed by atoms with Gasteiger partial charge in [0.15, 0.2) is 5.95 Å². The van der Waals surface area contributed by atoms with Gasteiger partial charge in [0.05, 0.1) is 0 Å². The van der Waals surface area contributed by atoms with E-state index < -0.39 is 0 Å². The van der Waals surface area contributed by atoms with Crippen LogP contribution in [0.25, 0.3) is 0 Å². The SMILES string of the molecule is CC1CC1Nc1ncc[nH]1. The maximum atomic E-state index is 4.06. The van der Waals surface area contributed by atoms with Crippen molar-refractivity contribution in [1.82, 2.24) is 9.97 Å². The Bertz CT molecular complexity index is 205. The van der Waals surface area contributed by atoms with Crippen molar-refractivity contribution >= 4 is 5.95 Å². The number of nitrogens with one attached hydrogen (secondary N) is 2. The van der Waals surface area contributed by atoms with Crippen molar-refractivity contribution in [2.24, 2.45) is 5.92 Å². The van der Waals surface area contributed by atoms with Crippen LogP contribution in [0.4, 0.5) is 5.95 Å². The third kappa shape index (κ3) is 0.988. The first-order valence-corrected chi connectivity index (χ1v) is 3.62. The maximum Gasteiger partial charge on any atom is 0.200 e. The largest absolute Gasteiger partial charge is 0.353 e. The molecule has 1 fully saturated rings. The number of nitrogens with zero attached hydrogens (tertiary/aromatic N) is 1. The molecule has 3 nitrogen and oxygen atoms in total. The van der Waals surface area contributed by atoms with Crippen LogP contribution in [0.3, 0.4) is 0 Å². The van der Waals surface area contributed by atoms with Gasteiger partial charge in [-0.2, -0.15) is 0 Å².